The van der Waals surface area contributed by atoms with Crippen LogP contribution in [0.15, 0.2) is 17.4 Å². The Kier molecular flexibility index (Phi) is 7.12. The third kappa shape index (κ3) is 4.86. The first-order chi connectivity index (χ1) is 10.3. The first-order valence-electron chi connectivity index (χ1n) is 5.92. The molecule has 1 N–H and O–H groups in total. The first-order valence-corrected chi connectivity index (χ1v) is 7.06. The van der Waals surface area contributed by atoms with Crippen LogP contribution in [0.2, 0.25) is 15.2 Å². The van der Waals surface area contributed by atoms with Gasteiger partial charge >= 0.3 is 0 Å². The van der Waals surface area contributed by atoms with E-state index in [0.29, 0.717) is 0 Å². The molecule has 0 spiro atoms. The maximum Gasteiger partial charge on any atom is 0.269 e. The number of hydrogen-bond donors (Lipinski definition) is 1. The smallest absolute Gasteiger partial charge is 0.269 e. The van der Waals surface area contributed by atoms with Gasteiger partial charge in [0, 0.05) is 0 Å². The summed E-state index contributed by atoms with van der Waals surface area (Å²) in [5.41, 5.74) is -0.400. The lowest BCUT2D eigenvalue weighted by molar-refractivity contribution is 0.365. The van der Waals surface area contributed by atoms with Gasteiger partial charge in [-0.2, -0.15) is 0 Å². The SMILES string of the molecule is CC(F)c1nc[nH]c(=O)c1Cl.CC(F)c1ncnc(Cl)c1Cl. The minimum Gasteiger partial charge on any atom is -0.312 e. The maximum atomic E-state index is 12.6. The number of aromatic amines is 1. The topological polar surface area (TPSA) is 71.5 Å². The lowest BCUT2D eigenvalue weighted by Crippen LogP contribution is -2.10. The van der Waals surface area contributed by atoms with Gasteiger partial charge in [-0.1, -0.05) is 34.8 Å². The first kappa shape index (κ1) is 18.7. The molecule has 0 fully saturated rings. The summed E-state index contributed by atoms with van der Waals surface area (Å²) < 4.78 is 25.2. The van der Waals surface area contributed by atoms with Gasteiger partial charge in [-0.25, -0.2) is 23.7 Å². The molecule has 0 aromatic carbocycles. The number of halogens is 5. The number of rotatable bonds is 2. The summed E-state index contributed by atoms with van der Waals surface area (Å²) in [5.74, 6) is 0. The molecule has 2 aromatic heterocycles. The predicted octanol–water partition coefficient (Wildman–Crippen LogP) is 4.27. The monoisotopic (exact) mass is 370 g/mol. The highest BCUT2D eigenvalue weighted by Gasteiger charge is 2.12. The molecule has 120 valence electrons. The Bertz CT molecular complexity index is 694. The van der Waals surface area contributed by atoms with E-state index in [1.54, 1.807) is 0 Å². The number of nitrogens with one attached hydrogen (secondary N) is 1. The molecule has 0 aliphatic heterocycles. The van der Waals surface area contributed by atoms with Crippen LogP contribution in [0.1, 0.15) is 37.6 Å². The number of nitrogens with zero attached hydrogens (tertiary/aromatic N) is 3. The second-order valence-corrected chi connectivity index (χ2v) is 5.14. The van der Waals surface area contributed by atoms with Crippen molar-refractivity contribution in [3.05, 3.63) is 49.6 Å². The van der Waals surface area contributed by atoms with E-state index in [9.17, 15) is 13.6 Å². The highest BCUT2D eigenvalue weighted by Crippen LogP contribution is 2.27. The molecular weight excluding hydrogens is 361 g/mol. The van der Waals surface area contributed by atoms with Crippen LogP contribution in [0.25, 0.3) is 0 Å². The molecule has 0 saturated carbocycles. The lowest BCUT2D eigenvalue weighted by Gasteiger charge is -2.02. The largest absolute Gasteiger partial charge is 0.312 e. The molecule has 0 bridgehead atoms. The van der Waals surface area contributed by atoms with E-state index in [0.717, 1.165) is 6.33 Å². The van der Waals surface area contributed by atoms with Crippen LogP contribution >= 0.6 is 34.8 Å². The number of aromatic nitrogens is 4. The molecule has 0 aliphatic rings. The van der Waals surface area contributed by atoms with Crippen molar-refractivity contribution in [2.24, 2.45) is 0 Å². The van der Waals surface area contributed by atoms with Crippen molar-refractivity contribution < 1.29 is 8.78 Å². The molecule has 10 heteroatoms. The number of hydrogen-bond acceptors (Lipinski definition) is 4. The van der Waals surface area contributed by atoms with E-state index < -0.39 is 17.9 Å². The molecule has 2 atom stereocenters. The quantitative estimate of drug-likeness (QED) is 0.800. The molecule has 0 aliphatic carbocycles. The summed E-state index contributed by atoms with van der Waals surface area (Å²) in [4.78, 5) is 23.8. The van der Waals surface area contributed by atoms with Crippen molar-refractivity contribution in [1.29, 1.82) is 0 Å². The summed E-state index contributed by atoms with van der Waals surface area (Å²) >= 11 is 16.5. The van der Waals surface area contributed by atoms with Crippen LogP contribution in [-0.2, 0) is 0 Å². The number of alkyl halides is 2. The summed E-state index contributed by atoms with van der Waals surface area (Å²) in [6.45, 7) is 2.61. The predicted molar refractivity (Wildman–Crippen MR) is 81.0 cm³/mol. The van der Waals surface area contributed by atoms with Crippen molar-refractivity contribution >= 4 is 34.8 Å². The zero-order valence-corrected chi connectivity index (χ0v) is 13.7. The third-order valence-corrected chi connectivity index (χ3v) is 3.47. The molecule has 0 saturated heterocycles. The molecule has 5 nitrogen and oxygen atoms in total. The summed E-state index contributed by atoms with van der Waals surface area (Å²) in [7, 11) is 0. The molecule has 0 amide bonds. The van der Waals surface area contributed by atoms with Gasteiger partial charge in [0.1, 0.15) is 34.4 Å². The fraction of sp³-hybridized carbons (Fsp3) is 0.333. The van der Waals surface area contributed by atoms with Crippen molar-refractivity contribution in [2.45, 2.75) is 26.2 Å². The van der Waals surface area contributed by atoms with Gasteiger partial charge in [0.2, 0.25) is 0 Å². The van der Waals surface area contributed by atoms with E-state index >= 15 is 0 Å². The normalized spacial score (nSPS) is 13.0. The van der Waals surface area contributed by atoms with E-state index in [1.807, 2.05) is 0 Å². The van der Waals surface area contributed by atoms with Gasteiger partial charge in [-0.05, 0) is 13.8 Å². The van der Waals surface area contributed by atoms with Gasteiger partial charge < -0.3 is 4.98 Å². The second-order valence-electron chi connectivity index (χ2n) is 4.03. The maximum absolute atomic E-state index is 12.6. The molecule has 2 unspecified atom stereocenters. The Labute approximate surface area is 139 Å². The molecule has 22 heavy (non-hydrogen) atoms. The van der Waals surface area contributed by atoms with Crippen molar-refractivity contribution in [3.8, 4) is 0 Å². The van der Waals surface area contributed by atoms with E-state index in [2.05, 4.69) is 19.9 Å². The minimum atomic E-state index is -1.32. The Hall–Kier alpha value is -1.31. The van der Waals surface area contributed by atoms with Crippen molar-refractivity contribution in [2.75, 3.05) is 0 Å². The zero-order chi connectivity index (χ0) is 16.9. The van der Waals surface area contributed by atoms with Crippen molar-refractivity contribution in [1.82, 2.24) is 19.9 Å². The van der Waals surface area contributed by atoms with E-state index in [-0.39, 0.29) is 26.6 Å². The summed E-state index contributed by atoms with van der Waals surface area (Å²) in [6.07, 6.45) is -0.230. The Morgan fingerprint density at radius 1 is 1.00 bits per heavy atom. The Morgan fingerprint density at radius 2 is 1.55 bits per heavy atom. The lowest BCUT2D eigenvalue weighted by atomic mass is 10.3. The third-order valence-electron chi connectivity index (χ3n) is 2.35. The van der Waals surface area contributed by atoms with Crippen LogP contribution in [0.3, 0.4) is 0 Å². The molecule has 2 aromatic rings. The summed E-state index contributed by atoms with van der Waals surface area (Å²) in [6, 6.07) is 0. The fourth-order valence-electron chi connectivity index (χ4n) is 1.31. The van der Waals surface area contributed by atoms with Crippen LogP contribution < -0.4 is 5.56 Å². The van der Waals surface area contributed by atoms with Crippen LogP contribution in [0, 0.1) is 0 Å². The molecule has 0 radical (unpaired) electrons. The second kappa shape index (κ2) is 8.36. The average Bonchev–Trinajstić information content (AvgIpc) is 2.45. The van der Waals surface area contributed by atoms with Gasteiger partial charge in [0.15, 0.2) is 5.15 Å². The van der Waals surface area contributed by atoms with Crippen LogP contribution in [-0.4, -0.2) is 19.9 Å². The fourth-order valence-corrected chi connectivity index (χ4v) is 1.95. The summed E-state index contributed by atoms with van der Waals surface area (Å²) in [5, 5.41) is -0.00664. The Balaban J connectivity index is 0.000000220. The van der Waals surface area contributed by atoms with Gasteiger partial charge in [0.05, 0.1) is 12.0 Å². The van der Waals surface area contributed by atoms with Crippen molar-refractivity contribution in [3.63, 3.8) is 0 Å². The zero-order valence-electron chi connectivity index (χ0n) is 11.4. The average molecular weight is 372 g/mol. The molecular formula is C12H11Cl3F2N4O. The van der Waals surface area contributed by atoms with E-state index in [1.165, 1.54) is 20.2 Å². The standard InChI is InChI=1S/C6H5Cl2FN2.C6H6ClFN2O/c1-3(9)5-4(7)6(8)11-2-10-5;1-3(8)5-4(7)6(11)10-2-9-5/h2-3H,1H3;2-3H,1H3,(H,9,10,11). The molecule has 2 rings (SSSR count). The highest BCUT2D eigenvalue weighted by atomic mass is 35.5. The minimum absolute atomic E-state index is 0.0181. The van der Waals surface area contributed by atoms with Gasteiger partial charge in [-0.3, -0.25) is 4.79 Å². The highest BCUT2D eigenvalue weighted by molar-refractivity contribution is 6.41. The van der Waals surface area contributed by atoms with E-state index in [4.69, 9.17) is 34.8 Å². The van der Waals surface area contributed by atoms with Gasteiger partial charge in [-0.15, -0.1) is 0 Å². The Morgan fingerprint density at radius 3 is 2.00 bits per heavy atom. The van der Waals surface area contributed by atoms with Crippen LogP contribution in [0.4, 0.5) is 8.78 Å². The van der Waals surface area contributed by atoms with Gasteiger partial charge in [0.25, 0.3) is 5.56 Å². The molecule has 2 heterocycles. The number of H-pyrrole nitrogens is 1. The van der Waals surface area contributed by atoms with Crippen LogP contribution in [0.5, 0.6) is 0 Å².